The van der Waals surface area contributed by atoms with Crippen molar-refractivity contribution in [3.8, 4) is 5.88 Å². The Morgan fingerprint density at radius 1 is 1.46 bits per heavy atom. The first-order valence-electron chi connectivity index (χ1n) is 7.35. The molecule has 0 bridgehead atoms. The van der Waals surface area contributed by atoms with Gasteiger partial charge in [0, 0.05) is 30.9 Å². The molecule has 24 heavy (non-hydrogen) atoms. The number of hydrogen-bond acceptors (Lipinski definition) is 4. The Labute approximate surface area is 136 Å². The maximum atomic E-state index is 12.4. The molecule has 9 heteroatoms. The molecule has 1 aromatic rings. The Kier molecular flexibility index (Phi) is 5.30. The van der Waals surface area contributed by atoms with E-state index in [1.165, 1.54) is 17.2 Å². The zero-order valence-electron chi connectivity index (χ0n) is 12.9. The number of pyridine rings is 1. The van der Waals surface area contributed by atoms with E-state index in [2.05, 4.69) is 9.72 Å². The van der Waals surface area contributed by atoms with Gasteiger partial charge in [-0.05, 0) is 18.4 Å². The molecule has 1 saturated heterocycles. The van der Waals surface area contributed by atoms with E-state index in [4.69, 9.17) is 5.11 Å². The van der Waals surface area contributed by atoms with Crippen molar-refractivity contribution < 1.29 is 32.6 Å². The Morgan fingerprint density at radius 2 is 2.17 bits per heavy atom. The molecule has 1 N–H and O–H groups in total. The highest BCUT2D eigenvalue weighted by atomic mass is 19.4. The number of carbonyl (C=O) groups is 2. The van der Waals surface area contributed by atoms with Gasteiger partial charge in [-0.2, -0.15) is 13.2 Å². The molecule has 132 valence electrons. The first kappa shape index (κ1) is 18.0. The fourth-order valence-corrected chi connectivity index (χ4v) is 2.66. The summed E-state index contributed by atoms with van der Waals surface area (Å²) in [4.78, 5) is 28.7. The third-order valence-electron chi connectivity index (χ3n) is 3.88. The number of rotatable bonds is 4. The predicted molar refractivity (Wildman–Crippen MR) is 76.6 cm³/mol. The third-order valence-corrected chi connectivity index (χ3v) is 3.88. The molecule has 1 amide bonds. The maximum Gasteiger partial charge on any atom is 0.422 e. The highest BCUT2D eigenvalue weighted by Gasteiger charge is 2.33. The van der Waals surface area contributed by atoms with Crippen molar-refractivity contribution in [2.45, 2.75) is 19.5 Å². The summed E-state index contributed by atoms with van der Waals surface area (Å²) in [5.41, 5.74) is 0.156. The van der Waals surface area contributed by atoms with E-state index in [1.807, 2.05) is 0 Å². The maximum absolute atomic E-state index is 12.4. The third kappa shape index (κ3) is 4.59. The fourth-order valence-electron chi connectivity index (χ4n) is 2.66. The van der Waals surface area contributed by atoms with Crippen LogP contribution >= 0.6 is 0 Å². The molecule has 1 aromatic heterocycles. The van der Waals surface area contributed by atoms with Crippen molar-refractivity contribution in [3.63, 3.8) is 0 Å². The summed E-state index contributed by atoms with van der Waals surface area (Å²) in [6.45, 7) is 0.819. The molecule has 1 aliphatic rings. The average Bonchev–Trinajstić information content (AvgIpc) is 2.51. The predicted octanol–water partition coefficient (Wildman–Crippen LogP) is 2.21. The van der Waals surface area contributed by atoms with Crippen molar-refractivity contribution >= 4 is 11.9 Å². The van der Waals surface area contributed by atoms with Crippen LogP contribution in [-0.2, 0) is 4.79 Å². The molecule has 1 aliphatic heterocycles. The first-order valence-corrected chi connectivity index (χ1v) is 7.35. The summed E-state index contributed by atoms with van der Waals surface area (Å²) in [6, 6.07) is 2.54. The van der Waals surface area contributed by atoms with E-state index in [0.717, 1.165) is 6.07 Å². The van der Waals surface area contributed by atoms with Gasteiger partial charge < -0.3 is 14.7 Å². The largest absolute Gasteiger partial charge is 0.481 e. The van der Waals surface area contributed by atoms with E-state index in [0.29, 0.717) is 6.42 Å². The van der Waals surface area contributed by atoms with Crippen LogP contribution in [0.15, 0.2) is 18.3 Å². The van der Waals surface area contributed by atoms with Gasteiger partial charge in [0.25, 0.3) is 5.91 Å². The lowest BCUT2D eigenvalue weighted by atomic mass is 9.87. The number of nitrogens with zero attached hydrogens (tertiary/aromatic N) is 2. The summed E-state index contributed by atoms with van der Waals surface area (Å²) in [6.07, 6.45) is -2.95. The van der Waals surface area contributed by atoms with Gasteiger partial charge in [-0.3, -0.25) is 9.59 Å². The molecule has 2 rings (SSSR count). The van der Waals surface area contributed by atoms with E-state index in [9.17, 15) is 22.8 Å². The molecule has 0 radical (unpaired) electrons. The lowest BCUT2D eigenvalue weighted by molar-refractivity contribution is -0.154. The second kappa shape index (κ2) is 7.06. The highest BCUT2D eigenvalue weighted by molar-refractivity contribution is 5.94. The van der Waals surface area contributed by atoms with Crippen molar-refractivity contribution in [1.29, 1.82) is 0 Å². The van der Waals surface area contributed by atoms with Crippen molar-refractivity contribution in [1.82, 2.24) is 9.88 Å². The van der Waals surface area contributed by atoms with Gasteiger partial charge in [0.15, 0.2) is 6.61 Å². The summed E-state index contributed by atoms with van der Waals surface area (Å²) < 4.78 is 41.0. The van der Waals surface area contributed by atoms with Gasteiger partial charge in [0.2, 0.25) is 5.88 Å². The molecular formula is C15H17F3N2O4. The fraction of sp³-hybridized carbons (Fsp3) is 0.533. The molecule has 0 aromatic carbocycles. The molecule has 2 atom stereocenters. The number of ether oxygens (including phenoxy) is 1. The van der Waals surface area contributed by atoms with Crippen LogP contribution in [0.4, 0.5) is 13.2 Å². The number of carbonyl (C=O) groups excluding carboxylic acids is 1. The zero-order valence-corrected chi connectivity index (χ0v) is 12.9. The highest BCUT2D eigenvalue weighted by Crippen LogP contribution is 2.25. The number of amides is 1. The number of aromatic nitrogens is 1. The second-order valence-electron chi connectivity index (χ2n) is 5.75. The molecule has 1 fully saturated rings. The van der Waals surface area contributed by atoms with Gasteiger partial charge in [0.05, 0.1) is 5.92 Å². The normalized spacial score (nSPS) is 21.4. The van der Waals surface area contributed by atoms with E-state index in [-0.39, 0.29) is 36.4 Å². The van der Waals surface area contributed by atoms with Gasteiger partial charge in [-0.1, -0.05) is 6.92 Å². The van der Waals surface area contributed by atoms with Crippen LogP contribution < -0.4 is 4.74 Å². The Hall–Kier alpha value is -2.32. The lowest BCUT2D eigenvalue weighted by Gasteiger charge is -2.35. The number of carboxylic acids is 1. The van der Waals surface area contributed by atoms with Crippen LogP contribution in [0.25, 0.3) is 0 Å². The number of alkyl halides is 3. The molecule has 0 aliphatic carbocycles. The van der Waals surface area contributed by atoms with Gasteiger partial charge in [-0.25, -0.2) is 4.98 Å². The summed E-state index contributed by atoms with van der Waals surface area (Å²) in [5, 5.41) is 9.09. The van der Waals surface area contributed by atoms with Gasteiger partial charge in [0.1, 0.15) is 0 Å². The Balaban J connectivity index is 2.04. The minimum atomic E-state index is -4.49. The van der Waals surface area contributed by atoms with Crippen LogP contribution in [0.3, 0.4) is 0 Å². The molecule has 2 heterocycles. The van der Waals surface area contributed by atoms with Crippen LogP contribution in [0.5, 0.6) is 5.88 Å². The van der Waals surface area contributed by atoms with E-state index < -0.39 is 24.7 Å². The van der Waals surface area contributed by atoms with Gasteiger partial charge in [-0.15, -0.1) is 0 Å². The van der Waals surface area contributed by atoms with Crippen molar-refractivity contribution in [3.05, 3.63) is 23.9 Å². The number of halogens is 3. The van der Waals surface area contributed by atoms with Crippen LogP contribution in [0.2, 0.25) is 0 Å². The smallest absolute Gasteiger partial charge is 0.422 e. The number of carboxylic acid groups (broad SMARTS) is 1. The Morgan fingerprint density at radius 3 is 2.75 bits per heavy atom. The van der Waals surface area contributed by atoms with Crippen LogP contribution in [-0.4, -0.2) is 52.7 Å². The molecule has 6 nitrogen and oxygen atoms in total. The van der Waals surface area contributed by atoms with Crippen molar-refractivity contribution in [2.75, 3.05) is 19.7 Å². The number of hydrogen-bond donors (Lipinski definition) is 1. The van der Waals surface area contributed by atoms with E-state index >= 15 is 0 Å². The molecule has 0 saturated carbocycles. The van der Waals surface area contributed by atoms with Crippen molar-refractivity contribution in [2.24, 2.45) is 11.8 Å². The average molecular weight is 346 g/mol. The Bertz CT molecular complexity index is 621. The quantitative estimate of drug-likeness (QED) is 0.904. The SMILES string of the molecule is CC1CN(C(=O)c2ccnc(OCC(F)(F)F)c2)CCC1C(=O)O. The topological polar surface area (TPSA) is 79.7 Å². The lowest BCUT2D eigenvalue weighted by Crippen LogP contribution is -2.45. The standard InChI is InChI=1S/C15H17F3N2O4/c1-9-7-20(5-3-11(9)14(22)23)13(21)10-2-4-19-12(6-10)24-8-15(16,17)18/h2,4,6,9,11H,3,5,7-8H2,1H3,(H,22,23). The second-order valence-corrected chi connectivity index (χ2v) is 5.75. The van der Waals surface area contributed by atoms with Gasteiger partial charge >= 0.3 is 12.1 Å². The monoisotopic (exact) mass is 346 g/mol. The zero-order chi connectivity index (χ0) is 17.9. The summed E-state index contributed by atoms with van der Waals surface area (Å²) in [5.74, 6) is -2.27. The minimum Gasteiger partial charge on any atom is -0.481 e. The summed E-state index contributed by atoms with van der Waals surface area (Å²) in [7, 11) is 0. The number of aliphatic carboxylic acids is 1. The van der Waals surface area contributed by atoms with E-state index in [1.54, 1.807) is 6.92 Å². The van der Waals surface area contributed by atoms with Crippen LogP contribution in [0.1, 0.15) is 23.7 Å². The first-order chi connectivity index (χ1) is 11.2. The number of piperidine rings is 1. The number of likely N-dealkylation sites (tertiary alicyclic amines) is 1. The summed E-state index contributed by atoms with van der Waals surface area (Å²) >= 11 is 0. The molecule has 0 spiro atoms. The molecule has 2 unspecified atom stereocenters. The van der Waals surface area contributed by atoms with Crippen LogP contribution in [0, 0.1) is 11.8 Å². The molecular weight excluding hydrogens is 329 g/mol. The minimum absolute atomic E-state index is 0.156.